The third kappa shape index (κ3) is 1.59. The van der Waals surface area contributed by atoms with Crippen molar-refractivity contribution in [2.75, 3.05) is 0 Å². The second-order valence-corrected chi connectivity index (χ2v) is 3.15. The van der Waals surface area contributed by atoms with Gasteiger partial charge in [0.2, 0.25) is 0 Å². The van der Waals surface area contributed by atoms with Gasteiger partial charge >= 0.3 is 18.9 Å². The first-order valence-electron chi connectivity index (χ1n) is 3.11. The van der Waals surface area contributed by atoms with Crippen LogP contribution in [0.3, 0.4) is 0 Å². The molecular weight excluding hydrogens is 121 g/mol. The van der Waals surface area contributed by atoms with Crippen molar-refractivity contribution in [3.63, 3.8) is 0 Å². The van der Waals surface area contributed by atoms with Crippen LogP contribution in [0.15, 0.2) is 11.8 Å². The number of hydrogen-bond donors (Lipinski definition) is 1. The van der Waals surface area contributed by atoms with Gasteiger partial charge in [-0.25, -0.2) is 0 Å². The summed E-state index contributed by atoms with van der Waals surface area (Å²) >= 11 is 0. The quantitative estimate of drug-likeness (QED) is 0.217. The average Bonchev–Trinajstić information content (AvgIpc) is 1.97. The minimum atomic E-state index is -0.170. The molecule has 0 aromatic rings. The fraction of sp³-hybridized carbons (Fsp3) is 0.571. The molecule has 1 aliphatic rings. The van der Waals surface area contributed by atoms with Crippen molar-refractivity contribution >= 4 is 0 Å². The molecule has 1 atom stereocenters. The second-order valence-electron chi connectivity index (χ2n) is 3.15. The van der Waals surface area contributed by atoms with Gasteiger partial charge in [-0.1, -0.05) is 0 Å². The predicted molar refractivity (Wildman–Crippen MR) is 36.5 cm³/mol. The van der Waals surface area contributed by atoms with Gasteiger partial charge in [-0.3, -0.25) is 0 Å². The van der Waals surface area contributed by atoms with Gasteiger partial charge in [0.25, 0.3) is 0 Å². The Morgan fingerprint density at radius 3 is 2.30 bits per heavy atom. The number of rotatable bonds is 0. The number of hydroxylamine groups is 2. The van der Waals surface area contributed by atoms with E-state index in [1.54, 1.807) is 0 Å². The zero-order valence-electron chi connectivity index (χ0n) is 6.90. The number of hydrogen-bond acceptors (Lipinski definition) is 1. The third-order valence-corrected chi connectivity index (χ3v) is 1.77. The zero-order valence-corrected chi connectivity index (χ0v) is 6.90. The van der Waals surface area contributed by atoms with Crippen LogP contribution in [0.2, 0.25) is 0 Å². The van der Waals surface area contributed by atoms with E-state index in [1.807, 2.05) is 19.9 Å². The fourth-order valence-corrected chi connectivity index (χ4v) is 0.998. The number of quaternary nitrogens is 1. The van der Waals surface area contributed by atoms with Crippen LogP contribution in [0.5, 0.6) is 0 Å². The topological polar surface area (TPSA) is 27.5 Å². The molecule has 3 heteroatoms. The largest absolute Gasteiger partial charge is 1.00 e. The first-order chi connectivity index (χ1) is 4.04. The molecule has 0 bridgehead atoms. The Morgan fingerprint density at radius 2 is 2.20 bits per heavy atom. The van der Waals surface area contributed by atoms with Gasteiger partial charge in [-0.15, -0.1) is 0 Å². The molecule has 1 unspecified atom stereocenters. The molecule has 10 heavy (non-hydrogen) atoms. The maximum atomic E-state index is 11.1. The molecule has 0 spiro atoms. The molecule has 0 aromatic heterocycles. The van der Waals surface area contributed by atoms with E-state index in [9.17, 15) is 5.21 Å². The van der Waals surface area contributed by atoms with Gasteiger partial charge in [0.15, 0.2) is 0 Å². The summed E-state index contributed by atoms with van der Waals surface area (Å²) in [6.45, 7) is 7.52. The smallest absolute Gasteiger partial charge is 0.631 e. The van der Waals surface area contributed by atoms with Crippen molar-refractivity contribution in [3.8, 4) is 0 Å². The summed E-state index contributed by atoms with van der Waals surface area (Å²) in [7, 11) is 0. The first kappa shape index (κ1) is 10.1. The number of nitrogens with one attached hydrogen (secondary N) is 1. The molecule has 0 aliphatic carbocycles. The van der Waals surface area contributed by atoms with Crippen molar-refractivity contribution in [1.29, 1.82) is 0 Å². The average molecular weight is 133 g/mol. The summed E-state index contributed by atoms with van der Waals surface area (Å²) in [5.41, 5.74) is 0.511. The van der Waals surface area contributed by atoms with Crippen LogP contribution in [0, 0.1) is 12.1 Å². The van der Waals surface area contributed by atoms with E-state index in [2.05, 4.69) is 6.92 Å². The molecule has 52 valence electrons. The van der Waals surface area contributed by atoms with E-state index in [0.29, 0.717) is 5.70 Å². The summed E-state index contributed by atoms with van der Waals surface area (Å²) in [5.74, 6) is 0. The zero-order chi connectivity index (χ0) is 7.07. The van der Waals surface area contributed by atoms with Crippen LogP contribution in [-0.2, 0) is 0 Å². The van der Waals surface area contributed by atoms with E-state index >= 15 is 0 Å². The summed E-state index contributed by atoms with van der Waals surface area (Å²) in [6.07, 6.45) is 2.76. The van der Waals surface area contributed by atoms with Crippen molar-refractivity contribution in [3.05, 3.63) is 23.9 Å². The summed E-state index contributed by atoms with van der Waals surface area (Å²) < 4.78 is 0. The van der Waals surface area contributed by atoms with Gasteiger partial charge < -0.3 is 10.3 Å². The molecule has 0 fully saturated rings. The van der Waals surface area contributed by atoms with E-state index in [4.69, 9.17) is 0 Å². The van der Waals surface area contributed by atoms with Crippen LogP contribution in [0.25, 0.3) is 0 Å². The minimum absolute atomic E-state index is 0. The van der Waals surface area contributed by atoms with Crippen LogP contribution in [0.4, 0.5) is 0 Å². The monoisotopic (exact) mass is 133 g/mol. The molecule has 1 heterocycles. The van der Waals surface area contributed by atoms with Crippen molar-refractivity contribution in [1.82, 2.24) is 0 Å². The van der Waals surface area contributed by atoms with E-state index < -0.39 is 0 Å². The van der Waals surface area contributed by atoms with Gasteiger partial charge in [0.05, 0.1) is 5.54 Å². The molecule has 0 saturated heterocycles. The minimum Gasteiger partial charge on any atom is -0.631 e. The van der Waals surface area contributed by atoms with Gasteiger partial charge in [0.1, 0.15) is 0 Å². The van der Waals surface area contributed by atoms with Crippen molar-refractivity contribution < 1.29 is 23.9 Å². The van der Waals surface area contributed by atoms with Crippen molar-refractivity contribution in [2.45, 2.75) is 25.8 Å². The number of allylic oxidation sites excluding steroid dienone is 1. The SMILES string of the molecule is [CH2-]C1=CCC(C)(C)[NH+]1[O-].[Li+]. The summed E-state index contributed by atoms with van der Waals surface area (Å²) in [6, 6.07) is 0. The first-order valence-corrected chi connectivity index (χ1v) is 3.11. The fourth-order valence-electron chi connectivity index (χ4n) is 0.998. The Balaban J connectivity index is 0.000000810. The van der Waals surface area contributed by atoms with Gasteiger partial charge in [-0.2, -0.15) is 13.0 Å². The molecule has 0 radical (unpaired) electrons. The van der Waals surface area contributed by atoms with Crippen LogP contribution in [0.1, 0.15) is 20.3 Å². The van der Waals surface area contributed by atoms with E-state index in [1.165, 1.54) is 0 Å². The molecule has 1 N–H and O–H groups in total. The maximum absolute atomic E-state index is 11.1. The Labute approximate surface area is 74.0 Å². The molecule has 0 aromatic carbocycles. The molecule has 2 nitrogen and oxygen atoms in total. The Hall–Kier alpha value is 0.127. The van der Waals surface area contributed by atoms with Crippen molar-refractivity contribution in [2.24, 2.45) is 0 Å². The molecule has 0 amide bonds. The second kappa shape index (κ2) is 3.02. The van der Waals surface area contributed by atoms with Crippen LogP contribution in [-0.4, -0.2) is 5.54 Å². The van der Waals surface area contributed by atoms with Crippen LogP contribution < -0.4 is 23.9 Å². The van der Waals surface area contributed by atoms with E-state index in [-0.39, 0.29) is 29.5 Å². The molecule has 1 aliphatic heterocycles. The van der Waals surface area contributed by atoms with Gasteiger partial charge in [0, 0.05) is 0 Å². The molecule has 0 saturated carbocycles. The molecule has 1 rings (SSSR count). The van der Waals surface area contributed by atoms with Gasteiger partial charge in [-0.05, 0) is 26.0 Å². The standard InChI is InChI=1S/C7H12NO.Li/c1-6-4-5-7(2,3)8(6)9;/h4,8H,1,5H2,2-3H3;/q-1;+1. The third-order valence-electron chi connectivity index (χ3n) is 1.77. The Morgan fingerprint density at radius 1 is 1.70 bits per heavy atom. The van der Waals surface area contributed by atoms with E-state index in [0.717, 1.165) is 6.42 Å². The maximum Gasteiger partial charge on any atom is 1.00 e. The Bertz CT molecular complexity index is 154. The summed E-state index contributed by atoms with van der Waals surface area (Å²) in [5, 5.41) is 11.3. The Kier molecular flexibility index (Phi) is 3.06. The normalized spacial score (nSPS) is 29.1. The van der Waals surface area contributed by atoms with Crippen LogP contribution >= 0.6 is 0 Å². The molecular formula is C7H12LiNO. The predicted octanol–water partition coefficient (Wildman–Crippen LogP) is -2.73. The summed E-state index contributed by atoms with van der Waals surface area (Å²) in [4.78, 5) is 0.